The fourth-order valence-corrected chi connectivity index (χ4v) is 2.97. The van der Waals surface area contributed by atoms with Crippen LogP contribution in [0.15, 0.2) is 0 Å². The van der Waals surface area contributed by atoms with Crippen molar-refractivity contribution in [3.05, 3.63) is 0 Å². The highest BCUT2D eigenvalue weighted by atomic mass is 16.6. The molecule has 0 aromatic heterocycles. The summed E-state index contributed by atoms with van der Waals surface area (Å²) in [6.07, 6.45) is 3.86. The zero-order chi connectivity index (χ0) is 16.1. The first-order valence-electron chi connectivity index (χ1n) is 8.03. The van der Waals surface area contributed by atoms with Crippen LogP contribution in [0, 0.1) is 11.8 Å². The maximum atomic E-state index is 12.5. The van der Waals surface area contributed by atoms with Crippen LogP contribution in [0.4, 0.5) is 4.79 Å². The van der Waals surface area contributed by atoms with E-state index in [4.69, 9.17) is 4.74 Å². The Kier molecular flexibility index (Phi) is 5.76. The molecule has 0 radical (unpaired) electrons. The van der Waals surface area contributed by atoms with Gasteiger partial charge in [-0.1, -0.05) is 33.1 Å². The van der Waals surface area contributed by atoms with E-state index in [0.29, 0.717) is 6.42 Å². The molecule has 7 heteroatoms. The quantitative estimate of drug-likeness (QED) is 0.686. The van der Waals surface area contributed by atoms with Gasteiger partial charge in [0.25, 0.3) is 0 Å². The number of hydrazine groups is 1. The van der Waals surface area contributed by atoms with Crippen molar-refractivity contribution in [2.75, 3.05) is 0 Å². The van der Waals surface area contributed by atoms with Gasteiger partial charge in [-0.3, -0.25) is 15.0 Å². The average molecular weight is 311 g/mol. The van der Waals surface area contributed by atoms with Gasteiger partial charge in [-0.05, 0) is 25.2 Å². The van der Waals surface area contributed by atoms with Crippen molar-refractivity contribution in [3.63, 3.8) is 0 Å². The molecule has 1 saturated carbocycles. The predicted octanol–water partition coefficient (Wildman–Crippen LogP) is 1.24. The first-order chi connectivity index (χ1) is 10.5. The minimum atomic E-state index is -1.04. The molecule has 1 saturated heterocycles. The summed E-state index contributed by atoms with van der Waals surface area (Å²) in [4.78, 5) is 35.9. The smallest absolute Gasteiger partial charge is 0.420 e. The minimum Gasteiger partial charge on any atom is -0.420 e. The molecular formula is C15H25N3O4. The summed E-state index contributed by atoms with van der Waals surface area (Å²) < 4.78 is 4.85. The number of hydrogen-bond donors (Lipinski definition) is 3. The van der Waals surface area contributed by atoms with Crippen molar-refractivity contribution >= 4 is 17.8 Å². The fourth-order valence-electron chi connectivity index (χ4n) is 2.97. The van der Waals surface area contributed by atoms with Gasteiger partial charge in [-0.15, -0.1) is 0 Å². The summed E-state index contributed by atoms with van der Waals surface area (Å²) in [5, 5.41) is 2.86. The number of amides is 2. The van der Waals surface area contributed by atoms with Crippen LogP contribution in [0.3, 0.4) is 0 Å². The molecule has 2 aliphatic rings. The number of nitrogens with one attached hydrogen (secondary N) is 3. The lowest BCUT2D eigenvalue weighted by atomic mass is 9.88. The molecule has 0 aromatic rings. The molecule has 2 atom stereocenters. The summed E-state index contributed by atoms with van der Waals surface area (Å²) >= 11 is 0. The second-order valence-corrected chi connectivity index (χ2v) is 6.48. The van der Waals surface area contributed by atoms with E-state index in [-0.39, 0.29) is 23.5 Å². The van der Waals surface area contributed by atoms with Gasteiger partial charge in [0.05, 0.1) is 6.04 Å². The van der Waals surface area contributed by atoms with Gasteiger partial charge >= 0.3 is 6.09 Å². The molecule has 1 aliphatic carbocycles. The monoisotopic (exact) mass is 311 g/mol. The standard InChI is InChI=1S/C15H25N3O4/c1-9(2)8-11(12(19)14-17-18-15(21)22-14)16-13(20)10-6-4-3-5-7-10/h9-11,14,17H,3-8H2,1-2H3,(H,16,20)(H,18,21). The first kappa shape index (κ1) is 16.7. The van der Waals surface area contributed by atoms with E-state index < -0.39 is 18.4 Å². The highest BCUT2D eigenvalue weighted by molar-refractivity contribution is 5.94. The lowest BCUT2D eigenvalue weighted by Crippen LogP contribution is -2.51. The molecule has 0 bridgehead atoms. The molecule has 3 N–H and O–H groups in total. The second-order valence-electron chi connectivity index (χ2n) is 6.48. The predicted molar refractivity (Wildman–Crippen MR) is 79.5 cm³/mol. The number of rotatable bonds is 6. The fraction of sp³-hybridized carbons (Fsp3) is 0.800. The Morgan fingerprint density at radius 3 is 2.50 bits per heavy atom. The zero-order valence-corrected chi connectivity index (χ0v) is 13.2. The molecule has 124 valence electrons. The highest BCUT2D eigenvalue weighted by Crippen LogP contribution is 2.24. The Hall–Kier alpha value is -1.63. The number of hydrogen-bond acceptors (Lipinski definition) is 5. The number of carbonyl (C=O) groups is 3. The Morgan fingerprint density at radius 1 is 1.27 bits per heavy atom. The van der Waals surface area contributed by atoms with Gasteiger partial charge in [0.2, 0.25) is 17.9 Å². The highest BCUT2D eigenvalue weighted by Gasteiger charge is 2.36. The van der Waals surface area contributed by atoms with Crippen molar-refractivity contribution in [2.24, 2.45) is 11.8 Å². The van der Waals surface area contributed by atoms with E-state index in [1.807, 2.05) is 13.8 Å². The molecule has 22 heavy (non-hydrogen) atoms. The molecule has 2 rings (SSSR count). The number of Topliss-reactive ketones (excluding diaryl/α,β-unsaturated/α-hetero) is 1. The summed E-state index contributed by atoms with van der Waals surface area (Å²) in [6.45, 7) is 3.97. The lowest BCUT2D eigenvalue weighted by molar-refractivity contribution is -0.135. The Labute approximate surface area is 130 Å². The van der Waals surface area contributed by atoms with Crippen LogP contribution in [0.1, 0.15) is 52.4 Å². The van der Waals surface area contributed by atoms with Gasteiger partial charge < -0.3 is 10.1 Å². The third-order valence-electron chi connectivity index (χ3n) is 4.13. The van der Waals surface area contributed by atoms with E-state index in [0.717, 1.165) is 25.7 Å². The van der Waals surface area contributed by atoms with E-state index in [9.17, 15) is 14.4 Å². The third-order valence-corrected chi connectivity index (χ3v) is 4.13. The van der Waals surface area contributed by atoms with Crippen LogP contribution in [-0.4, -0.2) is 30.1 Å². The van der Waals surface area contributed by atoms with Crippen molar-refractivity contribution in [2.45, 2.75) is 64.6 Å². The lowest BCUT2D eigenvalue weighted by Gasteiger charge is -2.26. The topological polar surface area (TPSA) is 96.5 Å². The number of ketones is 1. The molecule has 1 heterocycles. The Balaban J connectivity index is 1.97. The van der Waals surface area contributed by atoms with Crippen molar-refractivity contribution < 1.29 is 19.1 Å². The molecule has 1 aliphatic heterocycles. The Morgan fingerprint density at radius 2 is 1.95 bits per heavy atom. The third kappa shape index (κ3) is 4.43. The molecular weight excluding hydrogens is 286 g/mol. The first-order valence-corrected chi connectivity index (χ1v) is 8.03. The van der Waals surface area contributed by atoms with Gasteiger partial charge in [-0.25, -0.2) is 4.79 Å². The van der Waals surface area contributed by atoms with Crippen LogP contribution in [0.25, 0.3) is 0 Å². The summed E-state index contributed by atoms with van der Waals surface area (Å²) in [6, 6.07) is -0.639. The van der Waals surface area contributed by atoms with Crippen molar-refractivity contribution in [3.8, 4) is 0 Å². The summed E-state index contributed by atoms with van der Waals surface area (Å²) in [5.74, 6) is -0.147. The molecule has 2 amide bonds. The van der Waals surface area contributed by atoms with Gasteiger partial charge in [0, 0.05) is 5.92 Å². The molecule has 2 unspecified atom stereocenters. The number of cyclic esters (lactones) is 1. The average Bonchev–Trinajstić information content (AvgIpc) is 2.92. The van der Waals surface area contributed by atoms with Crippen molar-refractivity contribution in [1.82, 2.24) is 16.2 Å². The van der Waals surface area contributed by atoms with Crippen LogP contribution in [0.5, 0.6) is 0 Å². The van der Waals surface area contributed by atoms with Gasteiger partial charge in [0.15, 0.2) is 0 Å². The van der Waals surface area contributed by atoms with E-state index in [1.54, 1.807) is 0 Å². The van der Waals surface area contributed by atoms with Crippen molar-refractivity contribution in [1.29, 1.82) is 0 Å². The van der Waals surface area contributed by atoms with Gasteiger partial charge in [-0.2, -0.15) is 5.43 Å². The SMILES string of the molecule is CC(C)CC(NC(=O)C1CCCCC1)C(=O)C1NNC(=O)O1. The summed E-state index contributed by atoms with van der Waals surface area (Å²) in [7, 11) is 0. The van der Waals surface area contributed by atoms with Crippen LogP contribution < -0.4 is 16.2 Å². The van der Waals surface area contributed by atoms with Crippen LogP contribution in [0.2, 0.25) is 0 Å². The Bertz CT molecular complexity index is 433. The zero-order valence-electron chi connectivity index (χ0n) is 13.2. The van der Waals surface area contributed by atoms with Gasteiger partial charge in [0.1, 0.15) is 0 Å². The summed E-state index contributed by atoms with van der Waals surface area (Å²) in [5.41, 5.74) is 4.72. The minimum absolute atomic E-state index is 0.00609. The van der Waals surface area contributed by atoms with E-state index in [2.05, 4.69) is 16.2 Å². The molecule has 0 aromatic carbocycles. The molecule has 7 nitrogen and oxygen atoms in total. The number of carbonyl (C=O) groups excluding carboxylic acids is 3. The molecule has 2 fully saturated rings. The normalized spacial score (nSPS) is 23.8. The second kappa shape index (κ2) is 7.58. The van der Waals surface area contributed by atoms with Crippen LogP contribution >= 0.6 is 0 Å². The maximum absolute atomic E-state index is 12.5. The van der Waals surface area contributed by atoms with E-state index >= 15 is 0 Å². The maximum Gasteiger partial charge on any atom is 0.423 e. The van der Waals surface area contributed by atoms with Crippen LogP contribution in [-0.2, 0) is 14.3 Å². The number of ether oxygens (including phenoxy) is 1. The molecule has 0 spiro atoms. The van der Waals surface area contributed by atoms with E-state index in [1.165, 1.54) is 6.42 Å². The largest absolute Gasteiger partial charge is 0.423 e.